The second-order valence-corrected chi connectivity index (χ2v) is 7.04. The second-order valence-electron chi connectivity index (χ2n) is 2.82. The molecule has 0 aliphatic rings. The molecular weight excluding hydrogens is 331 g/mol. The van der Waals surface area contributed by atoms with Crippen molar-refractivity contribution in [3.8, 4) is 0 Å². The topological polar surface area (TPSA) is 91.3 Å². The van der Waals surface area contributed by atoms with Crippen molar-refractivity contribution in [2.45, 2.75) is 9.79 Å². The smallest absolute Gasteiger partial charge is 0.744 e. The van der Waals surface area contributed by atoms with E-state index in [-0.39, 0.29) is 38.9 Å². The molecule has 0 amide bonds. The van der Waals surface area contributed by atoms with Gasteiger partial charge in [0.05, 0.1) is 9.79 Å². The summed E-state index contributed by atoms with van der Waals surface area (Å²) in [6.45, 7) is 0. The number of sulfone groups is 1. The standard InChI is InChI=1S/C7H7BrO5S2.Na/c1-14(9,10)7-3-2-5(4-6(7)8)15(11,12)13;/h2-4H,1H3,(H,11,12,13);/q;+1/p-1. The van der Waals surface area contributed by atoms with Crippen LogP contribution in [0.4, 0.5) is 0 Å². The van der Waals surface area contributed by atoms with Gasteiger partial charge in [0, 0.05) is 10.7 Å². The fourth-order valence-corrected chi connectivity index (χ4v) is 3.58. The Balaban J connectivity index is 0.00000225. The molecule has 0 N–H and O–H groups in total. The first kappa shape index (κ1) is 16.6. The predicted molar refractivity (Wildman–Crippen MR) is 55.2 cm³/mol. The largest absolute Gasteiger partial charge is 1.00 e. The van der Waals surface area contributed by atoms with Crippen LogP contribution in [0.2, 0.25) is 0 Å². The van der Waals surface area contributed by atoms with Crippen molar-refractivity contribution in [3.05, 3.63) is 22.7 Å². The van der Waals surface area contributed by atoms with Crippen LogP contribution < -0.4 is 29.6 Å². The number of rotatable bonds is 2. The monoisotopic (exact) mass is 336 g/mol. The number of benzene rings is 1. The number of halogens is 1. The quantitative estimate of drug-likeness (QED) is 0.450. The summed E-state index contributed by atoms with van der Waals surface area (Å²) >= 11 is 2.89. The Hall–Kier alpha value is 0.560. The van der Waals surface area contributed by atoms with E-state index in [2.05, 4.69) is 15.9 Å². The van der Waals surface area contributed by atoms with E-state index in [1.54, 1.807) is 0 Å². The average molecular weight is 337 g/mol. The molecule has 0 bridgehead atoms. The molecule has 84 valence electrons. The summed E-state index contributed by atoms with van der Waals surface area (Å²) < 4.78 is 54.2. The maximum atomic E-state index is 11.2. The summed E-state index contributed by atoms with van der Waals surface area (Å²) in [6, 6.07) is 3.01. The van der Waals surface area contributed by atoms with Gasteiger partial charge in [0.1, 0.15) is 10.1 Å². The third-order valence-electron chi connectivity index (χ3n) is 1.59. The zero-order valence-electron chi connectivity index (χ0n) is 8.47. The van der Waals surface area contributed by atoms with Crippen molar-refractivity contribution in [2.75, 3.05) is 6.26 Å². The maximum absolute atomic E-state index is 11.2. The molecule has 0 saturated carbocycles. The van der Waals surface area contributed by atoms with Crippen LogP contribution in [0.15, 0.2) is 32.5 Å². The SMILES string of the molecule is CS(=O)(=O)c1ccc(S(=O)(=O)[O-])cc1Br.[Na+]. The van der Waals surface area contributed by atoms with Gasteiger partial charge in [-0.3, -0.25) is 0 Å². The summed E-state index contributed by atoms with van der Waals surface area (Å²) in [5, 5.41) is 0. The van der Waals surface area contributed by atoms with Gasteiger partial charge >= 0.3 is 29.6 Å². The third-order valence-corrected chi connectivity index (χ3v) is 4.50. The minimum absolute atomic E-state index is 0. The van der Waals surface area contributed by atoms with E-state index in [1.807, 2.05) is 0 Å². The molecule has 0 aliphatic carbocycles. The van der Waals surface area contributed by atoms with Crippen LogP contribution in [-0.2, 0) is 20.0 Å². The van der Waals surface area contributed by atoms with Gasteiger partial charge in [-0.1, -0.05) is 0 Å². The van der Waals surface area contributed by atoms with Gasteiger partial charge < -0.3 is 4.55 Å². The summed E-state index contributed by atoms with van der Waals surface area (Å²) in [4.78, 5) is -0.531. The van der Waals surface area contributed by atoms with Crippen LogP contribution in [0, 0.1) is 0 Å². The zero-order valence-corrected chi connectivity index (χ0v) is 13.7. The normalized spacial score (nSPS) is 11.9. The molecule has 1 aromatic carbocycles. The maximum Gasteiger partial charge on any atom is 1.00 e. The first-order valence-corrected chi connectivity index (χ1v) is 7.67. The van der Waals surface area contributed by atoms with Crippen LogP contribution in [0.25, 0.3) is 0 Å². The van der Waals surface area contributed by atoms with Crippen LogP contribution in [0.5, 0.6) is 0 Å². The molecule has 1 rings (SSSR count). The molecule has 5 nitrogen and oxygen atoms in total. The molecule has 0 aliphatic heterocycles. The van der Waals surface area contributed by atoms with Crippen LogP contribution >= 0.6 is 15.9 Å². The molecule has 0 aromatic heterocycles. The second kappa shape index (κ2) is 5.47. The summed E-state index contributed by atoms with van der Waals surface area (Å²) in [6.07, 6.45) is 0.985. The Morgan fingerprint density at radius 2 is 1.69 bits per heavy atom. The molecule has 0 heterocycles. The van der Waals surface area contributed by atoms with Crippen molar-refractivity contribution in [3.63, 3.8) is 0 Å². The van der Waals surface area contributed by atoms with E-state index >= 15 is 0 Å². The van der Waals surface area contributed by atoms with Crippen LogP contribution in [-0.4, -0.2) is 27.6 Å². The predicted octanol–water partition coefficient (Wildman–Crippen LogP) is -2.24. The van der Waals surface area contributed by atoms with E-state index in [9.17, 15) is 21.4 Å². The fraction of sp³-hybridized carbons (Fsp3) is 0.143. The van der Waals surface area contributed by atoms with E-state index < -0.39 is 24.9 Å². The summed E-state index contributed by atoms with van der Waals surface area (Å²) in [5.41, 5.74) is 0. The van der Waals surface area contributed by atoms with E-state index in [0.717, 1.165) is 24.5 Å². The third kappa shape index (κ3) is 4.10. The minimum atomic E-state index is -4.56. The van der Waals surface area contributed by atoms with Crippen LogP contribution in [0.3, 0.4) is 0 Å². The Bertz CT molecular complexity index is 593. The van der Waals surface area contributed by atoms with Crippen molar-refractivity contribution in [1.82, 2.24) is 0 Å². The van der Waals surface area contributed by atoms with Crippen molar-refractivity contribution < 1.29 is 50.9 Å². The fourth-order valence-electron chi connectivity index (χ4n) is 0.938. The van der Waals surface area contributed by atoms with Gasteiger partial charge in [0.25, 0.3) is 0 Å². The molecule has 0 unspecified atom stereocenters. The minimum Gasteiger partial charge on any atom is -0.744 e. The average Bonchev–Trinajstić information content (AvgIpc) is 1.99. The molecule has 0 fully saturated rings. The van der Waals surface area contributed by atoms with Crippen molar-refractivity contribution >= 4 is 35.9 Å². The molecule has 0 saturated heterocycles. The molecule has 9 heteroatoms. The molecular formula is C7H6BrNaO5S2. The molecule has 16 heavy (non-hydrogen) atoms. The summed E-state index contributed by atoms with van der Waals surface area (Å²) in [5.74, 6) is 0. The number of hydrogen-bond donors (Lipinski definition) is 0. The Morgan fingerprint density at radius 3 is 2.00 bits per heavy atom. The van der Waals surface area contributed by atoms with Gasteiger partial charge in [-0.25, -0.2) is 16.8 Å². The number of hydrogen-bond acceptors (Lipinski definition) is 5. The first-order chi connectivity index (χ1) is 6.62. The van der Waals surface area contributed by atoms with Crippen LogP contribution in [0.1, 0.15) is 0 Å². The van der Waals surface area contributed by atoms with E-state index in [4.69, 9.17) is 0 Å². The molecule has 0 radical (unpaired) electrons. The summed E-state index contributed by atoms with van der Waals surface area (Å²) in [7, 11) is -8.00. The molecule has 0 atom stereocenters. The van der Waals surface area contributed by atoms with E-state index in [1.165, 1.54) is 0 Å². The van der Waals surface area contributed by atoms with Gasteiger partial charge in [0.2, 0.25) is 0 Å². The van der Waals surface area contributed by atoms with E-state index in [0.29, 0.717) is 0 Å². The van der Waals surface area contributed by atoms with Gasteiger partial charge in [-0.2, -0.15) is 0 Å². The first-order valence-electron chi connectivity index (χ1n) is 3.58. The van der Waals surface area contributed by atoms with Gasteiger partial charge in [-0.05, 0) is 34.1 Å². The van der Waals surface area contributed by atoms with Crippen molar-refractivity contribution in [2.24, 2.45) is 0 Å². The zero-order chi connectivity index (χ0) is 11.9. The molecule has 0 spiro atoms. The Kier molecular flexibility index (Phi) is 5.66. The Morgan fingerprint density at radius 1 is 1.19 bits per heavy atom. The Labute approximate surface area is 124 Å². The molecule has 1 aromatic rings. The van der Waals surface area contributed by atoms with Gasteiger partial charge in [-0.15, -0.1) is 0 Å². The van der Waals surface area contributed by atoms with Crippen molar-refractivity contribution in [1.29, 1.82) is 0 Å². The van der Waals surface area contributed by atoms with Gasteiger partial charge in [0.15, 0.2) is 9.84 Å².